The molecule has 1 aliphatic heterocycles. The molecule has 6 nitrogen and oxygen atoms in total. The van der Waals surface area contributed by atoms with E-state index in [1.807, 2.05) is 17.5 Å². The largest absolute Gasteiger partial charge is 0.386 e. The Morgan fingerprint density at radius 2 is 1.96 bits per heavy atom. The first-order chi connectivity index (χ1) is 13.6. The molecule has 1 aliphatic rings. The second-order valence-corrected chi connectivity index (χ2v) is 7.78. The third kappa shape index (κ3) is 4.14. The maximum absolute atomic E-state index is 13.1. The second-order valence-electron chi connectivity index (χ2n) is 6.80. The summed E-state index contributed by atoms with van der Waals surface area (Å²) in [6.07, 6.45) is -0.492. The van der Waals surface area contributed by atoms with Gasteiger partial charge in [0.05, 0.1) is 5.69 Å². The molecule has 4 rings (SSSR count). The van der Waals surface area contributed by atoms with E-state index in [4.69, 9.17) is 0 Å². The number of rotatable bonds is 5. The van der Waals surface area contributed by atoms with Gasteiger partial charge in [-0.15, -0.1) is 11.3 Å². The Bertz CT molecular complexity index is 918. The molecular weight excluding hydrogens is 379 g/mol. The van der Waals surface area contributed by atoms with E-state index in [0.29, 0.717) is 44.1 Å². The van der Waals surface area contributed by atoms with Crippen LogP contribution in [0.3, 0.4) is 0 Å². The summed E-state index contributed by atoms with van der Waals surface area (Å²) in [4.78, 5) is 17.7. The fourth-order valence-electron chi connectivity index (χ4n) is 3.32. The van der Waals surface area contributed by atoms with Gasteiger partial charge >= 0.3 is 0 Å². The predicted molar refractivity (Wildman–Crippen MR) is 106 cm³/mol. The molecule has 2 aromatic heterocycles. The van der Waals surface area contributed by atoms with Crippen molar-refractivity contribution in [2.75, 3.05) is 32.7 Å². The molecule has 1 unspecified atom stereocenters. The third-order valence-electron chi connectivity index (χ3n) is 4.91. The van der Waals surface area contributed by atoms with Crippen molar-refractivity contribution >= 4 is 17.2 Å². The molecule has 0 spiro atoms. The number of aromatic nitrogens is 2. The molecule has 146 valence electrons. The summed E-state index contributed by atoms with van der Waals surface area (Å²) in [5.41, 5.74) is 1.79. The van der Waals surface area contributed by atoms with E-state index < -0.39 is 6.10 Å². The number of β-amino-alcohol motifs (C(OH)–C–C–N with tert-alkyl or cyclic N) is 1. The first-order valence-electron chi connectivity index (χ1n) is 9.14. The molecule has 1 fully saturated rings. The normalized spacial score (nSPS) is 16.3. The Morgan fingerprint density at radius 3 is 2.64 bits per heavy atom. The number of hydrogen-bond donors (Lipinski definition) is 2. The minimum absolute atomic E-state index is 0.0979. The number of thiophene rings is 1. The molecule has 2 N–H and O–H groups in total. The van der Waals surface area contributed by atoms with Crippen LogP contribution in [0.5, 0.6) is 0 Å². The van der Waals surface area contributed by atoms with Gasteiger partial charge in [0.15, 0.2) is 0 Å². The summed E-state index contributed by atoms with van der Waals surface area (Å²) < 4.78 is 13.1. The highest BCUT2D eigenvalue weighted by molar-refractivity contribution is 7.10. The number of amides is 1. The number of carbonyl (C=O) groups excluding carboxylic acids is 1. The van der Waals surface area contributed by atoms with E-state index in [0.717, 1.165) is 10.4 Å². The Hall–Kier alpha value is -2.55. The lowest BCUT2D eigenvalue weighted by Gasteiger charge is -2.35. The number of H-pyrrole nitrogens is 1. The van der Waals surface area contributed by atoms with E-state index in [9.17, 15) is 14.3 Å². The smallest absolute Gasteiger partial charge is 0.271 e. The summed E-state index contributed by atoms with van der Waals surface area (Å²) in [5.74, 6) is -0.406. The maximum atomic E-state index is 13.1. The molecule has 1 aromatic carbocycles. The first-order valence-corrected chi connectivity index (χ1v) is 10.0. The van der Waals surface area contributed by atoms with Crippen LogP contribution in [0.25, 0.3) is 11.3 Å². The van der Waals surface area contributed by atoms with Gasteiger partial charge in [0.25, 0.3) is 5.91 Å². The quantitative estimate of drug-likeness (QED) is 0.691. The topological polar surface area (TPSA) is 72.5 Å². The highest BCUT2D eigenvalue weighted by Gasteiger charge is 2.25. The van der Waals surface area contributed by atoms with E-state index in [1.165, 1.54) is 12.1 Å². The van der Waals surface area contributed by atoms with Gasteiger partial charge in [-0.2, -0.15) is 5.10 Å². The molecule has 0 aliphatic carbocycles. The zero-order valence-corrected chi connectivity index (χ0v) is 16.0. The third-order valence-corrected chi connectivity index (χ3v) is 5.88. The summed E-state index contributed by atoms with van der Waals surface area (Å²) in [7, 11) is 0. The Morgan fingerprint density at radius 1 is 1.21 bits per heavy atom. The van der Waals surface area contributed by atoms with Crippen LogP contribution < -0.4 is 0 Å². The molecule has 1 atom stereocenters. The molecular formula is C20H21FN4O2S. The van der Waals surface area contributed by atoms with Crippen LogP contribution in [0.15, 0.2) is 47.8 Å². The SMILES string of the molecule is O=C(c1cc(-c2ccc(F)cc2)n[nH]1)N1CCN(CC(O)c2cccs2)CC1. The molecule has 0 bridgehead atoms. The Kier molecular flexibility index (Phi) is 5.52. The minimum atomic E-state index is -0.492. The average Bonchev–Trinajstić information content (AvgIpc) is 3.41. The number of halogens is 1. The number of aromatic amines is 1. The second kappa shape index (κ2) is 8.22. The van der Waals surface area contributed by atoms with Gasteiger partial charge in [-0.25, -0.2) is 4.39 Å². The lowest BCUT2D eigenvalue weighted by Crippen LogP contribution is -2.49. The average molecular weight is 400 g/mol. The molecule has 1 amide bonds. The Balaban J connectivity index is 1.33. The molecule has 0 radical (unpaired) electrons. The highest BCUT2D eigenvalue weighted by atomic mass is 32.1. The maximum Gasteiger partial charge on any atom is 0.271 e. The monoisotopic (exact) mass is 400 g/mol. The van der Waals surface area contributed by atoms with Crippen molar-refractivity contribution in [2.45, 2.75) is 6.10 Å². The number of aliphatic hydroxyl groups is 1. The van der Waals surface area contributed by atoms with Crippen LogP contribution in [-0.4, -0.2) is 63.7 Å². The van der Waals surface area contributed by atoms with Gasteiger partial charge < -0.3 is 10.0 Å². The van der Waals surface area contributed by atoms with E-state index >= 15 is 0 Å². The number of nitrogens with zero attached hydrogens (tertiary/aromatic N) is 3. The molecule has 1 saturated heterocycles. The standard InChI is InChI=1S/C20H21FN4O2S/c21-15-5-3-14(4-6-15)16-12-17(23-22-16)20(27)25-9-7-24(8-10-25)13-18(26)19-2-1-11-28-19/h1-6,11-12,18,26H,7-10,13H2,(H,22,23). The molecule has 28 heavy (non-hydrogen) atoms. The molecule has 3 aromatic rings. The number of aliphatic hydroxyl groups excluding tert-OH is 1. The summed E-state index contributed by atoms with van der Waals surface area (Å²) in [5, 5.41) is 19.2. The van der Waals surface area contributed by atoms with Gasteiger partial charge in [0.2, 0.25) is 0 Å². The van der Waals surface area contributed by atoms with Gasteiger partial charge in [-0.05, 0) is 41.8 Å². The number of piperazine rings is 1. The predicted octanol–water partition coefficient (Wildman–Crippen LogP) is 2.77. The van der Waals surface area contributed by atoms with Gasteiger partial charge in [-0.1, -0.05) is 6.07 Å². The first kappa shape index (κ1) is 18.8. The highest BCUT2D eigenvalue weighted by Crippen LogP contribution is 2.21. The van der Waals surface area contributed by atoms with Crippen molar-refractivity contribution in [3.63, 3.8) is 0 Å². The summed E-state index contributed by atoms with van der Waals surface area (Å²) in [6.45, 7) is 3.20. The zero-order valence-electron chi connectivity index (χ0n) is 15.2. The van der Waals surface area contributed by atoms with Crippen molar-refractivity contribution in [3.8, 4) is 11.3 Å². The lowest BCUT2D eigenvalue weighted by molar-refractivity contribution is 0.0528. The van der Waals surface area contributed by atoms with Crippen molar-refractivity contribution in [3.05, 3.63) is 64.2 Å². The van der Waals surface area contributed by atoms with Gasteiger partial charge in [-0.3, -0.25) is 14.8 Å². The van der Waals surface area contributed by atoms with Gasteiger partial charge in [0, 0.05) is 43.2 Å². The number of benzene rings is 1. The zero-order chi connectivity index (χ0) is 19.5. The van der Waals surface area contributed by atoms with Crippen LogP contribution in [0.1, 0.15) is 21.5 Å². The minimum Gasteiger partial charge on any atom is -0.386 e. The van der Waals surface area contributed by atoms with Crippen LogP contribution in [0.4, 0.5) is 4.39 Å². The lowest BCUT2D eigenvalue weighted by atomic mass is 10.1. The van der Waals surface area contributed by atoms with Crippen molar-refractivity contribution < 1.29 is 14.3 Å². The fourth-order valence-corrected chi connectivity index (χ4v) is 4.02. The molecule has 3 heterocycles. The molecule has 0 saturated carbocycles. The van der Waals surface area contributed by atoms with E-state index in [2.05, 4.69) is 15.1 Å². The van der Waals surface area contributed by atoms with Crippen LogP contribution in [0.2, 0.25) is 0 Å². The number of carbonyl (C=O) groups is 1. The van der Waals surface area contributed by atoms with Crippen LogP contribution >= 0.6 is 11.3 Å². The van der Waals surface area contributed by atoms with Crippen molar-refractivity contribution in [1.82, 2.24) is 20.0 Å². The summed E-state index contributed by atoms with van der Waals surface area (Å²) >= 11 is 1.55. The fraction of sp³-hybridized carbons (Fsp3) is 0.300. The van der Waals surface area contributed by atoms with Gasteiger partial charge in [0.1, 0.15) is 17.6 Å². The van der Waals surface area contributed by atoms with Crippen LogP contribution in [0, 0.1) is 5.82 Å². The van der Waals surface area contributed by atoms with Crippen LogP contribution in [-0.2, 0) is 0 Å². The van der Waals surface area contributed by atoms with Crippen molar-refractivity contribution in [2.24, 2.45) is 0 Å². The number of nitrogens with one attached hydrogen (secondary N) is 1. The Labute approximate surface area is 166 Å². The molecule has 8 heteroatoms. The van der Waals surface area contributed by atoms with E-state index in [-0.39, 0.29) is 11.7 Å². The van der Waals surface area contributed by atoms with E-state index in [1.54, 1.807) is 34.4 Å². The summed E-state index contributed by atoms with van der Waals surface area (Å²) in [6, 6.07) is 11.6. The number of hydrogen-bond acceptors (Lipinski definition) is 5. The van der Waals surface area contributed by atoms with Crippen molar-refractivity contribution in [1.29, 1.82) is 0 Å².